The first-order valence-corrected chi connectivity index (χ1v) is 13.0. The first-order valence-electron chi connectivity index (χ1n) is 11.2. The molecule has 2 heterocycles. The Kier molecular flexibility index (Phi) is 3.73. The summed E-state index contributed by atoms with van der Waals surface area (Å²) in [6.07, 6.45) is 0. The van der Waals surface area contributed by atoms with Gasteiger partial charge in [0, 0.05) is 5.56 Å². The Labute approximate surface area is 203 Å². The van der Waals surface area contributed by atoms with Gasteiger partial charge in [-0.05, 0) is 74.0 Å². The second-order valence-corrected chi connectivity index (χ2v) is 10.4. The average Bonchev–Trinajstić information content (AvgIpc) is 3.62. The van der Waals surface area contributed by atoms with Gasteiger partial charge < -0.3 is 0 Å². The molecule has 1 aliphatic carbocycles. The van der Waals surface area contributed by atoms with Crippen molar-refractivity contribution in [2.24, 2.45) is 0 Å². The molecule has 5 aromatic carbocycles. The highest BCUT2D eigenvalue weighted by atomic mass is 32.1. The number of hydrogen-bond donors (Lipinski definition) is 0. The van der Waals surface area contributed by atoms with Crippen molar-refractivity contribution in [3.63, 3.8) is 0 Å². The summed E-state index contributed by atoms with van der Waals surface area (Å²) >= 11 is 3.41. The van der Waals surface area contributed by atoms with Gasteiger partial charge in [0.2, 0.25) is 0 Å². The third kappa shape index (κ3) is 2.50. The number of aromatic nitrogens is 2. The van der Waals surface area contributed by atoms with E-state index in [1.54, 1.807) is 22.7 Å². The summed E-state index contributed by atoms with van der Waals surface area (Å²) in [5.41, 5.74) is 16.3. The number of fused-ring (bicyclic) bond motifs is 5. The van der Waals surface area contributed by atoms with Gasteiger partial charge in [-0.15, -0.1) is 22.7 Å². The second kappa shape index (κ2) is 6.83. The van der Waals surface area contributed by atoms with E-state index in [4.69, 9.17) is 0 Å². The largest absolute Gasteiger partial charge is 0.245 e. The highest BCUT2D eigenvalue weighted by Gasteiger charge is 2.23. The quantitative estimate of drug-likeness (QED) is 0.253. The maximum atomic E-state index is 4.51. The van der Waals surface area contributed by atoms with Crippen molar-refractivity contribution in [2.75, 3.05) is 0 Å². The fourth-order valence-electron chi connectivity index (χ4n) is 5.41. The van der Waals surface area contributed by atoms with Crippen LogP contribution in [-0.2, 0) is 0 Å². The molecule has 0 saturated carbocycles. The molecule has 0 bridgehead atoms. The van der Waals surface area contributed by atoms with Crippen LogP contribution in [0.25, 0.3) is 75.7 Å². The van der Waals surface area contributed by atoms with Crippen LogP contribution in [0.2, 0.25) is 0 Å². The van der Waals surface area contributed by atoms with E-state index in [2.05, 4.69) is 94.9 Å². The maximum absolute atomic E-state index is 4.51. The highest BCUT2D eigenvalue weighted by Crippen LogP contribution is 2.50. The van der Waals surface area contributed by atoms with Gasteiger partial charge in [0.15, 0.2) is 0 Å². The van der Waals surface area contributed by atoms with E-state index >= 15 is 0 Å². The Morgan fingerprint density at radius 1 is 0.500 bits per heavy atom. The molecule has 0 amide bonds. The number of benzene rings is 5. The summed E-state index contributed by atoms with van der Waals surface area (Å²) in [7, 11) is 0. The molecular formula is C30H16N2S2. The predicted molar refractivity (Wildman–Crippen MR) is 146 cm³/mol. The fraction of sp³-hybridized carbons (Fsp3) is 0. The van der Waals surface area contributed by atoms with Gasteiger partial charge in [0.05, 0.1) is 31.5 Å². The van der Waals surface area contributed by atoms with Crippen LogP contribution in [0.5, 0.6) is 0 Å². The molecule has 0 fully saturated rings. The molecule has 2 nitrogen and oxygen atoms in total. The minimum atomic E-state index is 1.07. The Balaban J connectivity index is 1.35. The van der Waals surface area contributed by atoms with E-state index in [0.29, 0.717) is 0 Å². The lowest BCUT2D eigenvalue weighted by Gasteiger charge is -2.10. The van der Waals surface area contributed by atoms with Gasteiger partial charge in [-0.2, -0.15) is 0 Å². The van der Waals surface area contributed by atoms with E-state index in [9.17, 15) is 0 Å². The van der Waals surface area contributed by atoms with Crippen molar-refractivity contribution in [3.8, 4) is 44.5 Å². The molecule has 0 unspecified atom stereocenters. The Morgan fingerprint density at radius 3 is 2.24 bits per heavy atom. The van der Waals surface area contributed by atoms with Crippen LogP contribution in [0.1, 0.15) is 0 Å². The third-order valence-electron chi connectivity index (χ3n) is 6.95. The standard InChI is InChI=1S/C30H16N2S2/c1-4-22-19(18-8-12-26-28(14-18)33-15-31-26)10-11-24-25-13-17(7-9-21(25)23(5-1)29(22)24)20-3-2-6-27-30(20)34-16-32-27/h1-16H. The van der Waals surface area contributed by atoms with Crippen molar-refractivity contribution in [1.82, 2.24) is 9.97 Å². The Morgan fingerprint density at radius 2 is 1.24 bits per heavy atom. The number of thiazole rings is 2. The van der Waals surface area contributed by atoms with Crippen LogP contribution in [0, 0.1) is 0 Å². The summed E-state index contributed by atoms with van der Waals surface area (Å²) in [6, 6.07) is 31.2. The van der Waals surface area contributed by atoms with Gasteiger partial charge in [0.25, 0.3) is 0 Å². The molecule has 0 aliphatic heterocycles. The van der Waals surface area contributed by atoms with E-state index in [0.717, 1.165) is 11.0 Å². The van der Waals surface area contributed by atoms with E-state index < -0.39 is 0 Å². The van der Waals surface area contributed by atoms with Crippen molar-refractivity contribution in [3.05, 3.63) is 96.0 Å². The molecule has 158 valence electrons. The van der Waals surface area contributed by atoms with Gasteiger partial charge in [-0.3, -0.25) is 0 Å². The van der Waals surface area contributed by atoms with Crippen molar-refractivity contribution < 1.29 is 0 Å². The molecule has 8 rings (SSSR count). The average molecular weight is 469 g/mol. The molecule has 0 saturated heterocycles. The summed E-state index contributed by atoms with van der Waals surface area (Å²) in [6.45, 7) is 0. The maximum Gasteiger partial charge on any atom is 0.0818 e. The number of rotatable bonds is 2. The Bertz CT molecular complexity index is 1930. The van der Waals surface area contributed by atoms with Crippen molar-refractivity contribution >= 4 is 53.9 Å². The van der Waals surface area contributed by atoms with Crippen LogP contribution in [-0.4, -0.2) is 9.97 Å². The van der Waals surface area contributed by atoms with Crippen LogP contribution >= 0.6 is 22.7 Å². The summed E-state index contributed by atoms with van der Waals surface area (Å²) < 4.78 is 2.47. The first kappa shape index (κ1) is 18.6. The summed E-state index contributed by atoms with van der Waals surface area (Å²) in [5.74, 6) is 0. The molecule has 34 heavy (non-hydrogen) atoms. The molecule has 1 aliphatic rings. The molecule has 2 aromatic heterocycles. The lowest BCUT2D eigenvalue weighted by atomic mass is 9.94. The summed E-state index contributed by atoms with van der Waals surface area (Å²) in [5, 5.41) is 2.66. The Hall–Kier alpha value is -3.86. The van der Waals surface area contributed by atoms with Crippen LogP contribution in [0.15, 0.2) is 96.0 Å². The molecule has 0 spiro atoms. The molecule has 0 N–H and O–H groups in total. The zero-order chi connectivity index (χ0) is 22.2. The van der Waals surface area contributed by atoms with Crippen molar-refractivity contribution in [1.29, 1.82) is 0 Å². The van der Waals surface area contributed by atoms with E-state index in [1.807, 2.05) is 11.0 Å². The van der Waals surface area contributed by atoms with Crippen LogP contribution in [0.4, 0.5) is 0 Å². The molecular weight excluding hydrogens is 452 g/mol. The van der Waals surface area contributed by atoms with E-state index in [1.165, 1.54) is 64.7 Å². The minimum Gasteiger partial charge on any atom is -0.245 e. The van der Waals surface area contributed by atoms with E-state index in [-0.39, 0.29) is 0 Å². The third-order valence-corrected chi connectivity index (χ3v) is 8.62. The first-order chi connectivity index (χ1) is 16.8. The monoisotopic (exact) mass is 468 g/mol. The zero-order valence-electron chi connectivity index (χ0n) is 17.9. The van der Waals surface area contributed by atoms with Crippen LogP contribution in [0.3, 0.4) is 0 Å². The highest BCUT2D eigenvalue weighted by molar-refractivity contribution is 7.17. The molecule has 7 aromatic rings. The smallest absolute Gasteiger partial charge is 0.0818 e. The predicted octanol–water partition coefficient (Wildman–Crippen LogP) is 9.04. The molecule has 0 radical (unpaired) electrons. The number of nitrogens with zero attached hydrogens (tertiary/aromatic N) is 2. The van der Waals surface area contributed by atoms with Crippen molar-refractivity contribution in [2.45, 2.75) is 0 Å². The minimum absolute atomic E-state index is 1.07. The second-order valence-electron chi connectivity index (χ2n) is 8.69. The normalized spacial score (nSPS) is 12.1. The topological polar surface area (TPSA) is 25.8 Å². The van der Waals surface area contributed by atoms with Gasteiger partial charge in [0.1, 0.15) is 0 Å². The molecule has 4 heteroatoms. The lowest BCUT2D eigenvalue weighted by Crippen LogP contribution is -1.84. The SMILES string of the molecule is c1cc(-c2ccc3c(c2)-c2ccc(-c4ccc5ncsc5c4)c4cccc-3c24)c2scnc2c1. The molecule has 0 atom stereocenters. The summed E-state index contributed by atoms with van der Waals surface area (Å²) in [4.78, 5) is 8.96. The lowest BCUT2D eigenvalue weighted by molar-refractivity contribution is 1.50. The zero-order valence-corrected chi connectivity index (χ0v) is 19.6. The van der Waals surface area contributed by atoms with Gasteiger partial charge in [-0.1, -0.05) is 60.7 Å². The van der Waals surface area contributed by atoms with Crippen LogP contribution < -0.4 is 0 Å². The fourth-order valence-corrected chi connectivity index (χ4v) is 6.96. The van der Waals surface area contributed by atoms with Gasteiger partial charge in [-0.25, -0.2) is 9.97 Å². The van der Waals surface area contributed by atoms with Gasteiger partial charge >= 0.3 is 0 Å². The number of hydrogen-bond acceptors (Lipinski definition) is 4.